The zero-order valence-corrected chi connectivity index (χ0v) is 25.7. The van der Waals surface area contributed by atoms with Gasteiger partial charge < -0.3 is 15.2 Å². The lowest BCUT2D eigenvalue weighted by Crippen LogP contribution is -2.52. The number of sulfonamides is 1. The van der Waals surface area contributed by atoms with E-state index in [4.69, 9.17) is 4.74 Å². The molecule has 0 saturated heterocycles. The number of thioether (sulfide) groups is 1. The summed E-state index contributed by atoms with van der Waals surface area (Å²) < 4.78 is 63.4. The molecule has 220 valence electrons. The molecule has 0 aliphatic heterocycles. The van der Waals surface area contributed by atoms with Gasteiger partial charge in [0.25, 0.3) is 0 Å². The van der Waals surface area contributed by atoms with Gasteiger partial charge >= 0.3 is 6.09 Å². The Balaban J connectivity index is 1.93. The number of rotatable bonds is 11. The summed E-state index contributed by atoms with van der Waals surface area (Å²) in [5, 5.41) is 13.8. The number of thiazole rings is 1. The van der Waals surface area contributed by atoms with Crippen LogP contribution in [0.15, 0.2) is 45.6 Å². The summed E-state index contributed by atoms with van der Waals surface area (Å²) in [6.07, 6.45) is -0.578. The van der Waals surface area contributed by atoms with Crippen LogP contribution in [0, 0.1) is 17.6 Å². The quantitative estimate of drug-likeness (QED) is 0.277. The van der Waals surface area contributed by atoms with Gasteiger partial charge in [0.15, 0.2) is 4.34 Å². The number of halogens is 2. The molecule has 0 fully saturated rings. The van der Waals surface area contributed by atoms with Crippen LogP contribution in [0.4, 0.5) is 13.6 Å². The molecule has 2 atom stereocenters. The van der Waals surface area contributed by atoms with E-state index in [-0.39, 0.29) is 35.9 Å². The number of ether oxygens (including phenoxy) is 1. The molecule has 0 bridgehead atoms. The Kier molecular flexibility index (Phi) is 10.6. The van der Waals surface area contributed by atoms with Crippen LogP contribution < -0.4 is 5.32 Å². The van der Waals surface area contributed by atoms with Gasteiger partial charge in [0, 0.05) is 19.2 Å². The van der Waals surface area contributed by atoms with Crippen LogP contribution in [0.5, 0.6) is 0 Å². The molecule has 8 nitrogen and oxygen atoms in total. The number of fused-ring (bicyclic) bond motifs is 1. The van der Waals surface area contributed by atoms with Gasteiger partial charge in [-0.15, -0.1) is 11.3 Å². The fourth-order valence-corrected chi connectivity index (χ4v) is 7.27. The zero-order chi connectivity index (χ0) is 29.8. The maximum Gasteiger partial charge on any atom is 0.407 e. The lowest BCUT2D eigenvalue weighted by Gasteiger charge is -2.31. The SMILES string of the molecule is CSc1nc2ccc(S(=O)(=O)N(CC(C)C)C[C@@H](O)[C@H](Cc3cc(F)cc(F)c3)NC(=O)OC(C)(C)C)cc2s1. The molecule has 2 N–H and O–H groups in total. The average molecular weight is 616 g/mol. The highest BCUT2D eigenvalue weighted by Crippen LogP contribution is 2.31. The van der Waals surface area contributed by atoms with E-state index in [2.05, 4.69) is 10.3 Å². The minimum atomic E-state index is -4.08. The van der Waals surface area contributed by atoms with Crippen molar-refractivity contribution in [3.05, 3.63) is 53.6 Å². The van der Waals surface area contributed by atoms with Crippen molar-refractivity contribution >= 4 is 49.4 Å². The van der Waals surface area contributed by atoms with Crippen LogP contribution in [0.2, 0.25) is 0 Å². The molecule has 0 spiro atoms. The summed E-state index contributed by atoms with van der Waals surface area (Å²) in [5.74, 6) is -1.72. The average Bonchev–Trinajstić information content (AvgIpc) is 3.23. The van der Waals surface area contributed by atoms with Gasteiger partial charge in [-0.1, -0.05) is 25.6 Å². The molecule has 40 heavy (non-hydrogen) atoms. The number of amides is 1. The lowest BCUT2D eigenvalue weighted by molar-refractivity contribution is 0.0400. The second-order valence-electron chi connectivity index (χ2n) is 10.8. The first kappa shape index (κ1) is 32.2. The number of hydrogen-bond donors (Lipinski definition) is 2. The Bertz CT molecular complexity index is 1420. The van der Waals surface area contributed by atoms with Crippen LogP contribution in [-0.4, -0.2) is 66.0 Å². The molecule has 13 heteroatoms. The topological polar surface area (TPSA) is 109 Å². The molecule has 1 heterocycles. The summed E-state index contributed by atoms with van der Waals surface area (Å²) in [5.41, 5.74) is 0.0204. The first-order valence-electron chi connectivity index (χ1n) is 12.6. The van der Waals surface area contributed by atoms with Crippen molar-refractivity contribution in [3.63, 3.8) is 0 Å². The maximum atomic E-state index is 13.9. The summed E-state index contributed by atoms with van der Waals surface area (Å²) in [6.45, 7) is 8.40. The molecule has 2 aromatic carbocycles. The molecule has 0 aliphatic carbocycles. The van der Waals surface area contributed by atoms with Gasteiger partial charge in [0.05, 0.1) is 27.3 Å². The largest absolute Gasteiger partial charge is 0.444 e. The number of hydrogen-bond acceptors (Lipinski definition) is 8. The van der Waals surface area contributed by atoms with E-state index in [1.165, 1.54) is 29.2 Å². The van der Waals surface area contributed by atoms with Crippen LogP contribution in [0.1, 0.15) is 40.2 Å². The monoisotopic (exact) mass is 615 g/mol. The lowest BCUT2D eigenvalue weighted by atomic mass is 10.0. The van der Waals surface area contributed by atoms with Crippen LogP contribution in [0.25, 0.3) is 10.2 Å². The van der Waals surface area contributed by atoms with E-state index in [0.29, 0.717) is 10.2 Å². The number of carbonyl (C=O) groups is 1. The van der Waals surface area contributed by atoms with Crippen LogP contribution >= 0.6 is 23.1 Å². The normalized spacial score (nSPS) is 14.1. The highest BCUT2D eigenvalue weighted by molar-refractivity contribution is 8.00. The third-order valence-electron chi connectivity index (χ3n) is 5.66. The molecular formula is C27H35F2N3O5S3. The van der Waals surface area contributed by atoms with Gasteiger partial charge in [0.2, 0.25) is 10.0 Å². The Morgan fingerprint density at radius 1 is 1.15 bits per heavy atom. The highest BCUT2D eigenvalue weighted by atomic mass is 32.2. The van der Waals surface area contributed by atoms with Crippen molar-refractivity contribution in [2.24, 2.45) is 5.92 Å². The molecule has 3 aromatic rings. The minimum Gasteiger partial charge on any atom is -0.444 e. The van der Waals surface area contributed by atoms with E-state index in [9.17, 15) is 27.1 Å². The number of benzene rings is 2. The number of aliphatic hydroxyl groups is 1. The Morgan fingerprint density at radius 3 is 2.38 bits per heavy atom. The molecule has 0 saturated carbocycles. The Morgan fingerprint density at radius 2 is 1.80 bits per heavy atom. The van der Waals surface area contributed by atoms with Gasteiger partial charge in [-0.25, -0.2) is 27.0 Å². The fourth-order valence-electron chi connectivity index (χ4n) is 4.02. The number of aliphatic hydroxyl groups excluding tert-OH is 1. The van der Waals surface area contributed by atoms with Crippen molar-refractivity contribution in [1.82, 2.24) is 14.6 Å². The van der Waals surface area contributed by atoms with E-state index < -0.39 is 45.5 Å². The maximum absolute atomic E-state index is 13.9. The third kappa shape index (κ3) is 8.84. The molecule has 0 unspecified atom stereocenters. The van der Waals surface area contributed by atoms with Gasteiger partial charge in [0.1, 0.15) is 17.2 Å². The van der Waals surface area contributed by atoms with Gasteiger partial charge in [-0.05, 0) is 75.3 Å². The molecule has 0 aliphatic rings. The second-order valence-corrected chi connectivity index (χ2v) is 14.9. The molecular weight excluding hydrogens is 581 g/mol. The van der Waals surface area contributed by atoms with E-state index in [0.717, 1.165) is 26.8 Å². The summed E-state index contributed by atoms with van der Waals surface area (Å²) >= 11 is 2.85. The predicted octanol–water partition coefficient (Wildman–Crippen LogP) is 5.44. The molecule has 1 amide bonds. The first-order valence-corrected chi connectivity index (χ1v) is 16.1. The van der Waals surface area contributed by atoms with Crippen molar-refractivity contribution in [1.29, 1.82) is 0 Å². The summed E-state index contributed by atoms with van der Waals surface area (Å²) in [4.78, 5) is 17.1. The number of alkyl carbamates (subject to hydrolysis) is 1. The van der Waals surface area contributed by atoms with E-state index in [1.54, 1.807) is 32.9 Å². The van der Waals surface area contributed by atoms with Gasteiger partial charge in [-0.3, -0.25) is 0 Å². The third-order valence-corrected chi connectivity index (χ3v) is 9.49. The molecule has 0 radical (unpaired) electrons. The smallest absolute Gasteiger partial charge is 0.407 e. The fraction of sp³-hybridized carbons (Fsp3) is 0.481. The number of aromatic nitrogens is 1. The van der Waals surface area contributed by atoms with E-state index in [1.807, 2.05) is 20.1 Å². The van der Waals surface area contributed by atoms with Crippen LogP contribution in [-0.2, 0) is 21.2 Å². The minimum absolute atomic E-state index is 0.0491. The highest BCUT2D eigenvalue weighted by Gasteiger charge is 2.32. The van der Waals surface area contributed by atoms with Crippen LogP contribution in [0.3, 0.4) is 0 Å². The summed E-state index contributed by atoms with van der Waals surface area (Å²) in [7, 11) is -4.08. The summed E-state index contributed by atoms with van der Waals surface area (Å²) in [6, 6.07) is 6.48. The predicted molar refractivity (Wildman–Crippen MR) is 154 cm³/mol. The standard InChI is InChI=1S/C27H35F2N3O5S3/c1-16(2)14-32(40(35,36)20-7-8-21-24(13-20)39-26(31-21)38-6)15-23(33)22(30-25(34)37-27(3,4)5)11-17-9-18(28)12-19(29)10-17/h7-10,12-13,16,22-23,33H,11,14-15H2,1-6H3,(H,30,34)/t22-,23+/m0/s1. The Hall–Kier alpha value is -2.32. The number of nitrogens with one attached hydrogen (secondary N) is 1. The van der Waals surface area contributed by atoms with Crippen molar-refractivity contribution < 1.29 is 31.8 Å². The Labute approximate surface area is 242 Å². The molecule has 1 aromatic heterocycles. The van der Waals surface area contributed by atoms with E-state index >= 15 is 0 Å². The zero-order valence-electron chi connectivity index (χ0n) is 23.3. The van der Waals surface area contributed by atoms with Crippen molar-refractivity contribution in [2.45, 2.75) is 68.0 Å². The number of nitrogens with zero attached hydrogens (tertiary/aromatic N) is 2. The molecule has 3 rings (SSSR count). The van der Waals surface area contributed by atoms with Crippen molar-refractivity contribution in [2.75, 3.05) is 19.3 Å². The van der Waals surface area contributed by atoms with Crippen molar-refractivity contribution in [3.8, 4) is 0 Å². The first-order chi connectivity index (χ1) is 18.6. The van der Waals surface area contributed by atoms with Gasteiger partial charge in [-0.2, -0.15) is 4.31 Å². The number of carbonyl (C=O) groups excluding carboxylic acids is 1. The second kappa shape index (κ2) is 13.1.